The second-order valence-electron chi connectivity index (χ2n) is 8.89. The number of carbonyl (C=O) groups is 4. The largest absolute Gasteiger partial charge is 0.493 e. The Morgan fingerprint density at radius 1 is 1.11 bits per heavy atom. The highest BCUT2D eigenvalue weighted by atomic mass is 79.9. The molecule has 0 atom stereocenters. The molecule has 2 fully saturated rings. The first-order valence-electron chi connectivity index (χ1n) is 12.1. The van der Waals surface area contributed by atoms with E-state index in [1.807, 2.05) is 0 Å². The minimum atomic E-state index is -1.02. The zero-order valence-electron chi connectivity index (χ0n) is 20.8. The monoisotopic (exact) mass is 602 g/mol. The molecule has 2 aromatic rings. The number of thioether (sulfide) groups is 1. The number of halogens is 1. The number of hydrogen-bond acceptors (Lipinski definition) is 7. The van der Waals surface area contributed by atoms with Crippen molar-refractivity contribution >= 4 is 56.8 Å². The van der Waals surface area contributed by atoms with Gasteiger partial charge in [0.1, 0.15) is 13.2 Å². The number of carboxylic acid groups (broad SMARTS) is 1. The van der Waals surface area contributed by atoms with E-state index in [-0.39, 0.29) is 29.5 Å². The van der Waals surface area contributed by atoms with Gasteiger partial charge < -0.3 is 19.5 Å². The Labute approximate surface area is 232 Å². The summed E-state index contributed by atoms with van der Waals surface area (Å²) in [5.74, 6) is -0.949. The van der Waals surface area contributed by atoms with Crippen molar-refractivity contribution < 1.29 is 33.8 Å². The van der Waals surface area contributed by atoms with Gasteiger partial charge in [0.25, 0.3) is 11.1 Å². The van der Waals surface area contributed by atoms with Crippen molar-refractivity contribution in [3.8, 4) is 11.5 Å². The molecule has 11 heteroatoms. The Morgan fingerprint density at radius 2 is 1.84 bits per heavy atom. The van der Waals surface area contributed by atoms with E-state index in [1.54, 1.807) is 35.2 Å². The number of carboxylic acids is 1. The van der Waals surface area contributed by atoms with Crippen LogP contribution in [0.3, 0.4) is 0 Å². The van der Waals surface area contributed by atoms with Gasteiger partial charge in [-0.15, -0.1) is 0 Å². The number of nitrogens with zero attached hydrogens (tertiary/aromatic N) is 2. The highest BCUT2D eigenvalue weighted by Crippen LogP contribution is 2.39. The van der Waals surface area contributed by atoms with E-state index < -0.39 is 17.1 Å². The van der Waals surface area contributed by atoms with E-state index in [2.05, 4.69) is 15.9 Å². The van der Waals surface area contributed by atoms with Crippen LogP contribution in [-0.2, 0) is 16.2 Å². The molecule has 0 radical (unpaired) electrons. The van der Waals surface area contributed by atoms with Gasteiger partial charge in [-0.1, -0.05) is 25.0 Å². The van der Waals surface area contributed by atoms with Gasteiger partial charge >= 0.3 is 5.97 Å². The van der Waals surface area contributed by atoms with Gasteiger partial charge in [-0.3, -0.25) is 19.3 Å². The van der Waals surface area contributed by atoms with E-state index in [1.165, 1.54) is 19.2 Å². The van der Waals surface area contributed by atoms with Crippen LogP contribution >= 0.6 is 27.7 Å². The number of benzene rings is 2. The molecule has 9 nitrogen and oxygen atoms in total. The molecule has 0 bridgehead atoms. The molecule has 2 aromatic carbocycles. The molecule has 2 aliphatic rings. The first kappa shape index (κ1) is 27.7. The fourth-order valence-corrected chi connectivity index (χ4v) is 5.67. The van der Waals surface area contributed by atoms with Crippen LogP contribution < -0.4 is 9.47 Å². The fourth-order valence-electron chi connectivity index (χ4n) is 4.26. The molecule has 2 aliphatic heterocycles. The molecular formula is C27H27BrN2O7S. The second kappa shape index (κ2) is 12.5. The highest BCUT2D eigenvalue weighted by Gasteiger charge is 2.37. The van der Waals surface area contributed by atoms with Crippen LogP contribution in [0.15, 0.2) is 45.8 Å². The number of carbonyl (C=O) groups excluding carboxylic acids is 3. The summed E-state index contributed by atoms with van der Waals surface area (Å²) in [6, 6.07) is 9.83. The Hall–Kier alpha value is -3.31. The highest BCUT2D eigenvalue weighted by molar-refractivity contribution is 9.10. The molecule has 0 unspecified atom stereocenters. The van der Waals surface area contributed by atoms with Gasteiger partial charge in [-0.25, -0.2) is 4.79 Å². The number of rotatable bonds is 8. The fraction of sp³-hybridized carbons (Fsp3) is 0.333. The molecule has 3 amide bonds. The third-order valence-corrected chi connectivity index (χ3v) is 7.73. The van der Waals surface area contributed by atoms with Crippen LogP contribution in [0, 0.1) is 0 Å². The van der Waals surface area contributed by atoms with Crippen molar-refractivity contribution in [3.05, 3.63) is 62.5 Å². The summed E-state index contributed by atoms with van der Waals surface area (Å²) in [5.41, 5.74) is 1.43. The van der Waals surface area contributed by atoms with Crippen LogP contribution in [-0.4, -0.2) is 64.7 Å². The number of methoxy groups -OCH3 is 1. The lowest BCUT2D eigenvalue weighted by Gasteiger charge is -2.22. The Bertz CT molecular complexity index is 1290. The van der Waals surface area contributed by atoms with Gasteiger partial charge in [0.05, 0.1) is 22.1 Å². The predicted octanol–water partition coefficient (Wildman–Crippen LogP) is 5.17. The second-order valence-corrected chi connectivity index (χ2v) is 10.7. The Balaban J connectivity index is 1.47. The topological polar surface area (TPSA) is 113 Å². The minimum Gasteiger partial charge on any atom is -0.493 e. The van der Waals surface area contributed by atoms with Crippen molar-refractivity contribution in [3.63, 3.8) is 0 Å². The molecule has 200 valence electrons. The summed E-state index contributed by atoms with van der Waals surface area (Å²) >= 11 is 4.27. The van der Waals surface area contributed by atoms with Crippen LogP contribution in [0.5, 0.6) is 11.5 Å². The summed E-state index contributed by atoms with van der Waals surface area (Å²) in [5, 5.41) is 8.72. The van der Waals surface area contributed by atoms with Crippen LogP contribution in [0.25, 0.3) is 6.08 Å². The van der Waals surface area contributed by atoms with Crippen molar-refractivity contribution in [1.29, 1.82) is 0 Å². The number of hydrogen-bond donors (Lipinski definition) is 1. The third kappa shape index (κ3) is 6.57. The van der Waals surface area contributed by atoms with Crippen LogP contribution in [0.1, 0.15) is 47.2 Å². The zero-order chi connectivity index (χ0) is 27.2. The molecule has 1 N–H and O–H groups in total. The summed E-state index contributed by atoms with van der Waals surface area (Å²) in [4.78, 5) is 52.4. The first-order chi connectivity index (χ1) is 18.3. The summed E-state index contributed by atoms with van der Waals surface area (Å²) < 4.78 is 11.9. The van der Waals surface area contributed by atoms with E-state index in [0.717, 1.165) is 42.3 Å². The normalized spacial score (nSPS) is 17.1. The average Bonchev–Trinajstić information content (AvgIpc) is 3.08. The van der Waals surface area contributed by atoms with Crippen molar-refractivity contribution in [1.82, 2.24) is 9.80 Å². The number of likely N-dealkylation sites (tertiary alicyclic amines) is 1. The minimum absolute atomic E-state index is 0.110. The average molecular weight is 603 g/mol. The maximum atomic E-state index is 13.0. The number of aromatic carboxylic acids is 1. The zero-order valence-corrected chi connectivity index (χ0v) is 23.2. The van der Waals surface area contributed by atoms with Gasteiger partial charge in [0.2, 0.25) is 5.91 Å². The maximum absolute atomic E-state index is 13.0. The molecule has 0 spiro atoms. The van der Waals surface area contributed by atoms with Crippen molar-refractivity contribution in [2.24, 2.45) is 0 Å². The number of ether oxygens (including phenoxy) is 2. The third-order valence-electron chi connectivity index (χ3n) is 6.23. The molecule has 0 aromatic heterocycles. The van der Waals surface area contributed by atoms with Gasteiger partial charge in [-0.2, -0.15) is 0 Å². The molecule has 4 rings (SSSR count). The number of imide groups is 1. The lowest BCUT2D eigenvalue weighted by Crippen LogP contribution is -2.42. The summed E-state index contributed by atoms with van der Waals surface area (Å²) in [6.45, 7) is 1.15. The smallest absolute Gasteiger partial charge is 0.335 e. The van der Waals surface area contributed by atoms with E-state index >= 15 is 0 Å². The first-order valence-corrected chi connectivity index (χ1v) is 13.7. The van der Waals surface area contributed by atoms with Crippen LogP contribution in [0.4, 0.5) is 4.79 Å². The van der Waals surface area contributed by atoms with Gasteiger partial charge in [0.15, 0.2) is 11.5 Å². The maximum Gasteiger partial charge on any atom is 0.335 e. The molecule has 0 aliphatic carbocycles. The lowest BCUT2D eigenvalue weighted by atomic mass is 10.1. The summed E-state index contributed by atoms with van der Waals surface area (Å²) in [6.07, 6.45) is 5.59. The van der Waals surface area contributed by atoms with Gasteiger partial charge in [-0.05, 0) is 82.0 Å². The molecule has 2 heterocycles. The Kier molecular flexibility index (Phi) is 9.11. The SMILES string of the molecule is COc1cc(C=C2SC(=O)N(CC(=O)N3CCCCCC3)C2=O)cc(Br)c1OCc1cccc(C(=O)O)c1. The Morgan fingerprint density at radius 3 is 2.53 bits per heavy atom. The van der Waals surface area contributed by atoms with E-state index in [9.17, 15) is 24.3 Å². The lowest BCUT2D eigenvalue weighted by molar-refractivity contribution is -0.135. The standard InChI is InChI=1S/C27H27BrN2O7S/c1-36-21-13-18(12-20(28)24(21)37-16-17-7-6-8-19(11-17)26(33)34)14-22-25(32)30(27(35)38-22)15-23(31)29-9-4-2-3-5-10-29/h6-8,11-14H,2-5,9-10,15-16H2,1H3,(H,33,34). The molecule has 38 heavy (non-hydrogen) atoms. The van der Waals surface area contributed by atoms with E-state index in [0.29, 0.717) is 40.2 Å². The molecular weight excluding hydrogens is 576 g/mol. The van der Waals surface area contributed by atoms with Gasteiger partial charge in [0, 0.05) is 13.1 Å². The van der Waals surface area contributed by atoms with Crippen molar-refractivity contribution in [2.45, 2.75) is 32.3 Å². The van der Waals surface area contributed by atoms with Crippen LogP contribution in [0.2, 0.25) is 0 Å². The predicted molar refractivity (Wildman–Crippen MR) is 146 cm³/mol. The molecule has 2 saturated heterocycles. The number of amides is 3. The van der Waals surface area contributed by atoms with Crippen molar-refractivity contribution in [2.75, 3.05) is 26.7 Å². The molecule has 0 saturated carbocycles. The van der Waals surface area contributed by atoms with E-state index in [4.69, 9.17) is 9.47 Å². The summed E-state index contributed by atoms with van der Waals surface area (Å²) in [7, 11) is 1.48. The quantitative estimate of drug-likeness (QED) is 0.411.